The van der Waals surface area contributed by atoms with E-state index in [0.717, 1.165) is 0 Å². The van der Waals surface area contributed by atoms with Crippen molar-refractivity contribution in [3.63, 3.8) is 0 Å². The van der Waals surface area contributed by atoms with E-state index in [1.54, 1.807) is 12.1 Å². The van der Waals surface area contributed by atoms with Gasteiger partial charge in [-0.05, 0) is 35.2 Å². The largest absolute Gasteiger partial charge is 0.461 e. The maximum Gasteiger partial charge on any atom is 0.373 e. The summed E-state index contributed by atoms with van der Waals surface area (Å²) in [6.45, 7) is 4.33. The number of carbonyl (C=O) groups excluding carboxylic acids is 3. The number of aromatic amines is 1. The molecule has 170 valence electrons. The van der Waals surface area contributed by atoms with Gasteiger partial charge in [0.05, 0.1) is 31.5 Å². The summed E-state index contributed by atoms with van der Waals surface area (Å²) in [6.07, 6.45) is 0.943. The molecule has 0 amide bonds. The highest BCUT2D eigenvalue weighted by Gasteiger charge is 2.25. The molecule has 0 aliphatic heterocycles. The first-order valence-corrected chi connectivity index (χ1v) is 10.1. The monoisotopic (exact) mass is 454 g/mol. The van der Waals surface area contributed by atoms with Gasteiger partial charge in [-0.25, -0.2) is 4.79 Å². The fourth-order valence-electron chi connectivity index (χ4n) is 3.10. The summed E-state index contributed by atoms with van der Waals surface area (Å²) in [5.74, 6) is -0.546. The lowest BCUT2D eigenvalue weighted by molar-refractivity contribution is -0.191. The van der Waals surface area contributed by atoms with Gasteiger partial charge in [-0.3, -0.25) is 0 Å². The molecule has 9 nitrogen and oxygen atoms in total. The predicted molar refractivity (Wildman–Crippen MR) is 112 cm³/mol. The molecular weight excluding hydrogens is 428 g/mol. The first kappa shape index (κ1) is 26.5. The van der Waals surface area contributed by atoms with Crippen LogP contribution >= 0.6 is 11.6 Å². The van der Waals surface area contributed by atoms with Crippen molar-refractivity contribution in [1.82, 2.24) is 10.3 Å². The van der Waals surface area contributed by atoms with E-state index in [-0.39, 0.29) is 43.3 Å². The third-order valence-electron chi connectivity index (χ3n) is 4.49. The molecule has 31 heavy (non-hydrogen) atoms. The molecule has 10 heteroatoms. The second kappa shape index (κ2) is 13.7. The van der Waals surface area contributed by atoms with Crippen LogP contribution in [0.3, 0.4) is 0 Å². The fourth-order valence-corrected chi connectivity index (χ4v) is 3.44. The van der Waals surface area contributed by atoms with Crippen molar-refractivity contribution in [2.24, 2.45) is 0 Å². The lowest BCUT2D eigenvalue weighted by atomic mass is 9.92. The number of aliphatic hydroxyl groups is 3. The molecule has 1 aromatic carbocycles. The van der Waals surface area contributed by atoms with Gasteiger partial charge in [-0.15, -0.1) is 0 Å². The van der Waals surface area contributed by atoms with Crippen LogP contribution in [0.4, 0.5) is 0 Å². The highest BCUT2D eigenvalue weighted by atomic mass is 35.5. The average molecular weight is 455 g/mol. The van der Waals surface area contributed by atoms with E-state index in [1.165, 1.54) is 0 Å². The van der Waals surface area contributed by atoms with Gasteiger partial charge in [-0.2, -0.15) is 9.59 Å². The van der Waals surface area contributed by atoms with Gasteiger partial charge in [0.25, 0.3) is 0 Å². The lowest BCUT2D eigenvalue weighted by Gasteiger charge is -2.16. The molecule has 1 aromatic heterocycles. The van der Waals surface area contributed by atoms with Crippen molar-refractivity contribution in [2.75, 3.05) is 13.2 Å². The van der Waals surface area contributed by atoms with Crippen molar-refractivity contribution in [3.8, 4) is 11.1 Å². The number of rotatable bonds is 10. The molecule has 5 N–H and O–H groups in total. The second-order valence-electron chi connectivity index (χ2n) is 6.37. The summed E-state index contributed by atoms with van der Waals surface area (Å²) in [5, 5.41) is 32.6. The van der Waals surface area contributed by atoms with E-state index in [9.17, 15) is 20.1 Å². The van der Waals surface area contributed by atoms with Crippen LogP contribution in [0.15, 0.2) is 12.1 Å². The maximum absolute atomic E-state index is 12.4. The van der Waals surface area contributed by atoms with E-state index < -0.39 is 5.97 Å². The van der Waals surface area contributed by atoms with E-state index in [2.05, 4.69) is 10.3 Å². The Morgan fingerprint density at radius 3 is 2.29 bits per heavy atom. The Kier molecular flexibility index (Phi) is 11.7. The number of aliphatic hydroxyl groups excluding tert-OH is 3. The number of hydrogen-bond acceptors (Lipinski definition) is 8. The zero-order chi connectivity index (χ0) is 23.4. The number of nitrogens with one attached hydrogen (secondary N) is 2. The summed E-state index contributed by atoms with van der Waals surface area (Å²) in [6, 6.07) is 3.40. The molecule has 0 saturated heterocycles. The standard InChI is InChI=1S/C20H27ClN2O5.CO2/c1-3-7-28-20(27)19-18(21)17(16(23-19)8-22-4-2)13-6-5-12(9-24)14(10-25)15(13)11-26;2-1-3/h5-6,22-26H,3-4,7-11H2,1-2H3;. The molecule has 0 bridgehead atoms. The molecule has 2 aromatic rings. The van der Waals surface area contributed by atoms with Gasteiger partial charge in [0.2, 0.25) is 0 Å². The van der Waals surface area contributed by atoms with Crippen LogP contribution in [0.5, 0.6) is 0 Å². The molecule has 0 saturated carbocycles. The number of benzene rings is 1. The highest BCUT2D eigenvalue weighted by Crippen LogP contribution is 2.38. The minimum Gasteiger partial charge on any atom is -0.461 e. The summed E-state index contributed by atoms with van der Waals surface area (Å²) < 4.78 is 5.21. The number of ether oxygens (including phenoxy) is 1. The Labute approximate surface area is 185 Å². The summed E-state index contributed by atoms with van der Waals surface area (Å²) in [4.78, 5) is 31.7. The second-order valence-corrected chi connectivity index (χ2v) is 6.75. The number of esters is 1. The molecular formula is C21H27ClN2O7. The van der Waals surface area contributed by atoms with E-state index in [4.69, 9.17) is 25.9 Å². The van der Waals surface area contributed by atoms with Gasteiger partial charge in [0, 0.05) is 17.8 Å². The van der Waals surface area contributed by atoms with Gasteiger partial charge in [0.15, 0.2) is 0 Å². The third kappa shape index (κ3) is 6.48. The molecule has 0 aliphatic carbocycles. The van der Waals surface area contributed by atoms with E-state index in [1.807, 2.05) is 13.8 Å². The molecule has 0 aliphatic rings. The van der Waals surface area contributed by atoms with Crippen LogP contribution in [0.25, 0.3) is 11.1 Å². The van der Waals surface area contributed by atoms with Crippen molar-refractivity contribution in [1.29, 1.82) is 0 Å². The van der Waals surface area contributed by atoms with Gasteiger partial charge >= 0.3 is 12.1 Å². The molecule has 0 radical (unpaired) electrons. The Morgan fingerprint density at radius 2 is 1.77 bits per heavy atom. The predicted octanol–water partition coefficient (Wildman–Crippen LogP) is 1.90. The van der Waals surface area contributed by atoms with Gasteiger partial charge < -0.3 is 30.4 Å². The maximum atomic E-state index is 12.4. The average Bonchev–Trinajstić information content (AvgIpc) is 3.11. The zero-order valence-corrected chi connectivity index (χ0v) is 18.2. The molecule has 2 rings (SSSR count). The van der Waals surface area contributed by atoms with Crippen molar-refractivity contribution in [3.05, 3.63) is 45.2 Å². The van der Waals surface area contributed by atoms with Crippen LogP contribution in [-0.4, -0.2) is 45.6 Å². The zero-order valence-electron chi connectivity index (χ0n) is 17.5. The molecule has 0 fully saturated rings. The summed E-state index contributed by atoms with van der Waals surface area (Å²) in [7, 11) is 0. The number of hydrogen-bond donors (Lipinski definition) is 5. The van der Waals surface area contributed by atoms with Crippen LogP contribution in [-0.2, 0) is 40.7 Å². The van der Waals surface area contributed by atoms with Crippen LogP contribution < -0.4 is 5.32 Å². The van der Waals surface area contributed by atoms with Gasteiger partial charge in [-0.1, -0.05) is 37.6 Å². The van der Waals surface area contributed by atoms with Crippen LogP contribution in [0.1, 0.15) is 53.1 Å². The minimum absolute atomic E-state index is 0.152. The smallest absolute Gasteiger partial charge is 0.373 e. The minimum atomic E-state index is -0.546. The quantitative estimate of drug-likeness (QED) is 0.342. The Morgan fingerprint density at radius 1 is 1.13 bits per heavy atom. The SMILES string of the molecule is CCCOC(=O)c1[nH]c(CNCC)c(-c2ccc(CO)c(CO)c2CO)c1Cl.O=C=O. The van der Waals surface area contributed by atoms with E-state index in [0.29, 0.717) is 53.0 Å². The van der Waals surface area contributed by atoms with Crippen LogP contribution in [0, 0.1) is 0 Å². The topological polar surface area (TPSA) is 149 Å². The third-order valence-corrected chi connectivity index (χ3v) is 4.87. The first-order chi connectivity index (χ1) is 14.9. The van der Waals surface area contributed by atoms with Crippen molar-refractivity contribution >= 4 is 23.7 Å². The lowest BCUT2D eigenvalue weighted by Crippen LogP contribution is -2.13. The summed E-state index contributed by atoms with van der Waals surface area (Å²) >= 11 is 6.56. The fraction of sp³-hybridized carbons (Fsp3) is 0.429. The molecule has 1 heterocycles. The first-order valence-electron chi connectivity index (χ1n) is 9.69. The molecule has 0 unspecified atom stereocenters. The van der Waals surface area contributed by atoms with Crippen LogP contribution in [0.2, 0.25) is 5.02 Å². The number of H-pyrrole nitrogens is 1. The van der Waals surface area contributed by atoms with Gasteiger partial charge in [0.1, 0.15) is 5.69 Å². The highest BCUT2D eigenvalue weighted by molar-refractivity contribution is 6.36. The molecule has 0 atom stereocenters. The molecule has 0 spiro atoms. The number of halogens is 1. The normalized spacial score (nSPS) is 10.3. The van der Waals surface area contributed by atoms with E-state index >= 15 is 0 Å². The Bertz CT molecular complexity index is 906. The Balaban J connectivity index is 0.00000151. The Hall–Kier alpha value is -2.52. The van der Waals surface area contributed by atoms with Crippen molar-refractivity contribution in [2.45, 2.75) is 46.6 Å². The van der Waals surface area contributed by atoms with Crippen molar-refractivity contribution < 1.29 is 34.4 Å². The number of aromatic nitrogens is 1. The summed E-state index contributed by atoms with van der Waals surface area (Å²) in [5.41, 5.74) is 3.41. The number of carbonyl (C=O) groups is 1.